The van der Waals surface area contributed by atoms with Crippen molar-refractivity contribution in [3.05, 3.63) is 57.7 Å². The molecule has 1 aromatic carbocycles. The van der Waals surface area contributed by atoms with Gasteiger partial charge in [-0.2, -0.15) is 0 Å². The lowest BCUT2D eigenvalue weighted by molar-refractivity contribution is -0.126. The molecule has 1 fully saturated rings. The zero-order valence-electron chi connectivity index (χ0n) is 19.2. The summed E-state index contributed by atoms with van der Waals surface area (Å²) in [4.78, 5) is 18.3. The van der Waals surface area contributed by atoms with Crippen molar-refractivity contribution in [3.63, 3.8) is 0 Å². The highest BCUT2D eigenvalue weighted by atomic mass is 35.5. The predicted molar refractivity (Wildman–Crippen MR) is 127 cm³/mol. The minimum atomic E-state index is -2.74. The lowest BCUT2D eigenvalue weighted by Gasteiger charge is -2.40. The van der Waals surface area contributed by atoms with Gasteiger partial charge in [0.05, 0.1) is 19.0 Å². The van der Waals surface area contributed by atoms with Gasteiger partial charge in [0, 0.05) is 54.3 Å². The summed E-state index contributed by atoms with van der Waals surface area (Å²) in [5.74, 6) is -2.89. The standard InChI is InChI=1S/C25H28ClF2N3O2/c1-15(2)21-6-8-31(14-25(21,27)28)13-20-22(26)9-16(10-23(20)33-4)19-12-30(3)24(32)18-11-29-7-5-17(18)19/h5,7,9-12,15,21H,6,8,13-14H2,1-4H3. The van der Waals surface area contributed by atoms with E-state index < -0.39 is 11.8 Å². The van der Waals surface area contributed by atoms with Crippen molar-refractivity contribution in [2.75, 3.05) is 20.2 Å². The van der Waals surface area contributed by atoms with E-state index in [2.05, 4.69) is 4.98 Å². The van der Waals surface area contributed by atoms with Crippen molar-refractivity contribution >= 4 is 22.4 Å². The van der Waals surface area contributed by atoms with Gasteiger partial charge >= 0.3 is 0 Å². The number of aromatic nitrogens is 2. The number of hydrogen-bond acceptors (Lipinski definition) is 4. The van der Waals surface area contributed by atoms with Gasteiger partial charge in [-0.05, 0) is 48.0 Å². The van der Waals surface area contributed by atoms with Crippen molar-refractivity contribution in [2.45, 2.75) is 32.7 Å². The van der Waals surface area contributed by atoms with Crippen LogP contribution in [-0.4, -0.2) is 40.6 Å². The van der Waals surface area contributed by atoms with E-state index in [4.69, 9.17) is 16.3 Å². The number of rotatable bonds is 5. The third-order valence-electron chi connectivity index (χ3n) is 6.59. The number of ether oxygens (including phenoxy) is 1. The fourth-order valence-electron chi connectivity index (χ4n) is 4.85. The molecule has 1 saturated heterocycles. The summed E-state index contributed by atoms with van der Waals surface area (Å²) in [6.45, 7) is 4.27. The summed E-state index contributed by atoms with van der Waals surface area (Å²) in [7, 11) is 3.23. The first-order valence-corrected chi connectivity index (χ1v) is 11.4. The van der Waals surface area contributed by atoms with Gasteiger partial charge in [0.2, 0.25) is 0 Å². The van der Waals surface area contributed by atoms with Crippen LogP contribution < -0.4 is 10.3 Å². The SMILES string of the molecule is COc1cc(-c2cn(C)c(=O)c3cnccc23)cc(Cl)c1CN1CCC(C(C)C)C(F)(F)C1. The molecule has 176 valence electrons. The van der Waals surface area contributed by atoms with Gasteiger partial charge in [-0.1, -0.05) is 25.4 Å². The molecule has 0 spiro atoms. The molecule has 1 aliphatic heterocycles. The summed E-state index contributed by atoms with van der Waals surface area (Å²) < 4.78 is 36.6. The first-order valence-electron chi connectivity index (χ1n) is 11.0. The lowest BCUT2D eigenvalue weighted by atomic mass is 9.83. The van der Waals surface area contributed by atoms with Crippen LogP contribution in [-0.2, 0) is 13.6 Å². The van der Waals surface area contributed by atoms with E-state index in [9.17, 15) is 13.6 Å². The smallest absolute Gasteiger partial charge is 0.263 e. The zero-order chi connectivity index (χ0) is 23.9. The van der Waals surface area contributed by atoms with Crippen molar-refractivity contribution in [1.82, 2.24) is 14.5 Å². The van der Waals surface area contributed by atoms with Crippen LogP contribution >= 0.6 is 11.6 Å². The molecule has 3 aromatic rings. The van der Waals surface area contributed by atoms with Crippen molar-refractivity contribution in [1.29, 1.82) is 0 Å². The van der Waals surface area contributed by atoms with E-state index in [1.54, 1.807) is 49.8 Å². The average molecular weight is 476 g/mol. The fourth-order valence-corrected chi connectivity index (χ4v) is 5.12. The van der Waals surface area contributed by atoms with Gasteiger partial charge in [-0.3, -0.25) is 14.7 Å². The van der Waals surface area contributed by atoms with E-state index in [0.29, 0.717) is 34.7 Å². The minimum absolute atomic E-state index is 0.0635. The van der Waals surface area contributed by atoms with Crippen LogP contribution in [0.2, 0.25) is 5.02 Å². The maximum atomic E-state index is 14.7. The first kappa shape index (κ1) is 23.6. The Balaban J connectivity index is 1.71. The van der Waals surface area contributed by atoms with E-state index in [1.807, 2.05) is 19.9 Å². The zero-order valence-corrected chi connectivity index (χ0v) is 20.0. The Bertz CT molecular complexity index is 1240. The number of fused-ring (bicyclic) bond motifs is 1. The van der Waals surface area contributed by atoms with Gasteiger partial charge in [0.1, 0.15) is 5.75 Å². The molecular formula is C25H28ClF2N3O2. The number of alkyl halides is 2. The van der Waals surface area contributed by atoms with Crippen LogP contribution in [0.5, 0.6) is 5.75 Å². The van der Waals surface area contributed by atoms with E-state index in [-0.39, 0.29) is 24.6 Å². The molecule has 33 heavy (non-hydrogen) atoms. The number of aryl methyl sites for hydroxylation is 1. The first-order chi connectivity index (χ1) is 15.6. The maximum Gasteiger partial charge on any atom is 0.263 e. The predicted octanol–water partition coefficient (Wildman–Crippen LogP) is 5.38. The quantitative estimate of drug-likeness (QED) is 0.497. The fraction of sp³-hybridized carbons (Fsp3) is 0.440. The highest BCUT2D eigenvalue weighted by molar-refractivity contribution is 6.32. The molecule has 0 radical (unpaired) electrons. The van der Waals surface area contributed by atoms with Gasteiger partial charge < -0.3 is 9.30 Å². The molecule has 0 bridgehead atoms. The summed E-state index contributed by atoms with van der Waals surface area (Å²) in [6, 6.07) is 5.44. The van der Waals surface area contributed by atoms with Crippen LogP contribution in [0.1, 0.15) is 25.8 Å². The molecule has 5 nitrogen and oxygen atoms in total. The number of likely N-dealkylation sites (tertiary alicyclic amines) is 1. The molecule has 0 amide bonds. The molecule has 4 rings (SSSR count). The minimum Gasteiger partial charge on any atom is -0.496 e. The molecule has 0 N–H and O–H groups in total. The van der Waals surface area contributed by atoms with Crippen LogP contribution in [0, 0.1) is 11.8 Å². The van der Waals surface area contributed by atoms with Crippen LogP contribution in [0.4, 0.5) is 8.78 Å². The van der Waals surface area contributed by atoms with E-state index >= 15 is 0 Å². The molecule has 2 aromatic heterocycles. The Morgan fingerprint density at radius 2 is 2.06 bits per heavy atom. The molecule has 0 aliphatic carbocycles. The molecule has 0 saturated carbocycles. The van der Waals surface area contributed by atoms with Crippen molar-refractivity contribution in [3.8, 4) is 16.9 Å². The van der Waals surface area contributed by atoms with Gasteiger partial charge in [-0.15, -0.1) is 0 Å². The van der Waals surface area contributed by atoms with Crippen LogP contribution in [0.15, 0.2) is 41.6 Å². The third-order valence-corrected chi connectivity index (χ3v) is 6.93. The number of piperidine rings is 1. The Hall–Kier alpha value is -2.51. The van der Waals surface area contributed by atoms with Crippen molar-refractivity contribution in [2.24, 2.45) is 18.9 Å². The normalized spacial score (nSPS) is 18.7. The number of hydrogen-bond donors (Lipinski definition) is 0. The Labute approximate surface area is 196 Å². The largest absolute Gasteiger partial charge is 0.496 e. The maximum absolute atomic E-state index is 14.7. The number of methoxy groups -OCH3 is 1. The summed E-state index contributed by atoms with van der Waals surface area (Å²) in [5, 5.41) is 1.70. The van der Waals surface area contributed by atoms with Crippen LogP contribution in [0.25, 0.3) is 21.9 Å². The Kier molecular flexibility index (Phi) is 6.47. The second-order valence-electron chi connectivity index (χ2n) is 9.13. The molecule has 1 atom stereocenters. The number of halogens is 3. The van der Waals surface area contributed by atoms with E-state index in [1.165, 1.54) is 4.57 Å². The average Bonchev–Trinajstić information content (AvgIpc) is 2.76. The summed E-state index contributed by atoms with van der Waals surface area (Å²) >= 11 is 6.68. The number of pyridine rings is 2. The number of benzene rings is 1. The molecule has 1 unspecified atom stereocenters. The highest BCUT2D eigenvalue weighted by Gasteiger charge is 2.45. The van der Waals surface area contributed by atoms with Crippen LogP contribution in [0.3, 0.4) is 0 Å². The Morgan fingerprint density at radius 1 is 1.30 bits per heavy atom. The second-order valence-corrected chi connectivity index (χ2v) is 9.54. The molecule has 8 heteroatoms. The summed E-state index contributed by atoms with van der Waals surface area (Å²) in [6.07, 6.45) is 5.39. The monoisotopic (exact) mass is 475 g/mol. The third kappa shape index (κ3) is 4.49. The topological polar surface area (TPSA) is 47.4 Å². The molecule has 3 heterocycles. The number of nitrogens with zero attached hydrogens (tertiary/aromatic N) is 3. The molecular weight excluding hydrogens is 448 g/mol. The van der Waals surface area contributed by atoms with E-state index in [0.717, 1.165) is 16.5 Å². The van der Waals surface area contributed by atoms with Gasteiger partial charge in [-0.25, -0.2) is 8.78 Å². The Morgan fingerprint density at radius 3 is 2.73 bits per heavy atom. The van der Waals surface area contributed by atoms with Gasteiger partial charge in [0.15, 0.2) is 0 Å². The lowest BCUT2D eigenvalue weighted by Crippen LogP contribution is -2.49. The summed E-state index contributed by atoms with van der Waals surface area (Å²) in [5.41, 5.74) is 2.13. The van der Waals surface area contributed by atoms with Crippen molar-refractivity contribution < 1.29 is 13.5 Å². The van der Waals surface area contributed by atoms with Gasteiger partial charge in [0.25, 0.3) is 11.5 Å². The molecule has 1 aliphatic rings. The second kappa shape index (κ2) is 9.03. The highest BCUT2D eigenvalue weighted by Crippen LogP contribution is 2.40.